The molecule has 0 spiro atoms. The average Bonchev–Trinajstić information content (AvgIpc) is 4.01. The van der Waals surface area contributed by atoms with E-state index in [2.05, 4.69) is 217 Å². The molecule has 0 bridgehead atoms. The standard InChI is InChI=1S/C57H38N2S/c1-57(2)48-20-7-3-15-41(48)42-28-27-39(34-49(42)57)59-51-22-9-5-17-44(51)47-33-36(26-30-53(47)59)35-25-29-52-46(32-35)43-16-4-8-21-50(43)58(52)38-14-11-13-37(31-38)40-19-12-24-55-56(40)45-18-6-10-23-54(45)60-55/h3-34H,1-2H3. The van der Waals surface area contributed by atoms with Crippen molar-refractivity contribution in [3.8, 4) is 44.8 Å². The lowest BCUT2D eigenvalue weighted by molar-refractivity contribution is 0.660. The Labute approximate surface area is 351 Å². The van der Waals surface area contributed by atoms with Crippen molar-refractivity contribution in [1.82, 2.24) is 9.13 Å². The lowest BCUT2D eigenvalue weighted by Crippen LogP contribution is -2.15. The lowest BCUT2D eigenvalue weighted by Gasteiger charge is -2.22. The number of rotatable bonds is 4. The highest BCUT2D eigenvalue weighted by molar-refractivity contribution is 7.25. The fraction of sp³-hybridized carbons (Fsp3) is 0.0526. The number of benzene rings is 9. The van der Waals surface area contributed by atoms with Crippen LogP contribution >= 0.6 is 11.3 Å². The van der Waals surface area contributed by atoms with Crippen LogP contribution in [0.2, 0.25) is 0 Å². The minimum Gasteiger partial charge on any atom is -0.309 e. The topological polar surface area (TPSA) is 9.86 Å². The molecule has 13 rings (SSSR count). The lowest BCUT2D eigenvalue weighted by atomic mass is 9.82. The van der Waals surface area contributed by atoms with Crippen LogP contribution in [0.25, 0.3) is 109 Å². The summed E-state index contributed by atoms with van der Waals surface area (Å²) >= 11 is 1.87. The summed E-state index contributed by atoms with van der Waals surface area (Å²) in [6.07, 6.45) is 0. The van der Waals surface area contributed by atoms with Crippen molar-refractivity contribution in [2.24, 2.45) is 0 Å². The molecule has 12 aromatic rings. The van der Waals surface area contributed by atoms with E-state index in [4.69, 9.17) is 0 Å². The average molecular weight is 783 g/mol. The summed E-state index contributed by atoms with van der Waals surface area (Å²) in [5.41, 5.74) is 17.6. The first-order valence-corrected chi connectivity index (χ1v) is 21.7. The summed E-state index contributed by atoms with van der Waals surface area (Å²) in [6.45, 7) is 4.72. The number of para-hydroxylation sites is 2. The van der Waals surface area contributed by atoms with Crippen LogP contribution in [0.3, 0.4) is 0 Å². The van der Waals surface area contributed by atoms with Gasteiger partial charge >= 0.3 is 0 Å². The van der Waals surface area contributed by atoms with Gasteiger partial charge in [-0.05, 0) is 117 Å². The van der Waals surface area contributed by atoms with Gasteiger partial charge in [0.25, 0.3) is 0 Å². The first-order valence-electron chi connectivity index (χ1n) is 20.8. The molecule has 282 valence electrons. The van der Waals surface area contributed by atoms with Gasteiger partial charge in [-0.2, -0.15) is 0 Å². The maximum atomic E-state index is 2.46. The molecular weight excluding hydrogens is 745 g/mol. The SMILES string of the molecule is CC1(C)c2ccccc2-c2ccc(-n3c4ccccc4c4cc(-c5ccc6c(c5)c5ccccc5n6-c5cccc(-c6cccc7sc8ccccc8c67)c5)ccc43)cc21. The molecule has 0 atom stereocenters. The second-order valence-corrected chi connectivity index (χ2v) is 18.0. The first kappa shape index (κ1) is 33.7. The van der Waals surface area contributed by atoms with Crippen LogP contribution in [0, 0.1) is 0 Å². The maximum absolute atomic E-state index is 2.46. The molecule has 3 heteroatoms. The number of hydrogen-bond acceptors (Lipinski definition) is 1. The molecule has 0 N–H and O–H groups in total. The number of hydrogen-bond donors (Lipinski definition) is 0. The van der Waals surface area contributed by atoms with E-state index in [0.29, 0.717) is 0 Å². The molecule has 1 aliphatic rings. The van der Waals surface area contributed by atoms with Gasteiger partial charge in [0.15, 0.2) is 0 Å². The number of aromatic nitrogens is 2. The minimum atomic E-state index is -0.0630. The summed E-state index contributed by atoms with van der Waals surface area (Å²) in [6, 6.07) is 72.3. The van der Waals surface area contributed by atoms with Crippen molar-refractivity contribution in [3.63, 3.8) is 0 Å². The number of fused-ring (bicyclic) bond motifs is 12. The third-order valence-corrected chi connectivity index (χ3v) is 14.5. The second-order valence-electron chi connectivity index (χ2n) is 16.9. The molecule has 0 amide bonds. The smallest absolute Gasteiger partial charge is 0.0541 e. The Bertz CT molecular complexity index is 3760. The Kier molecular flexibility index (Phi) is 6.98. The Morgan fingerprint density at radius 3 is 1.63 bits per heavy atom. The van der Waals surface area contributed by atoms with E-state index >= 15 is 0 Å². The summed E-state index contributed by atoms with van der Waals surface area (Å²) in [5, 5.41) is 7.70. The van der Waals surface area contributed by atoms with Gasteiger partial charge in [-0.3, -0.25) is 0 Å². The predicted octanol–water partition coefficient (Wildman–Crippen LogP) is 15.9. The molecule has 9 aromatic carbocycles. The summed E-state index contributed by atoms with van der Waals surface area (Å²) < 4.78 is 7.55. The van der Waals surface area contributed by atoms with Gasteiger partial charge in [-0.25, -0.2) is 0 Å². The van der Waals surface area contributed by atoms with E-state index in [1.54, 1.807) is 0 Å². The molecule has 2 nitrogen and oxygen atoms in total. The number of nitrogens with zero attached hydrogens (tertiary/aromatic N) is 2. The predicted molar refractivity (Wildman–Crippen MR) is 256 cm³/mol. The number of thiophene rings is 1. The van der Waals surface area contributed by atoms with Gasteiger partial charge in [0, 0.05) is 58.5 Å². The van der Waals surface area contributed by atoms with Gasteiger partial charge in [-0.15, -0.1) is 11.3 Å². The molecular formula is C57H38N2S. The van der Waals surface area contributed by atoms with Gasteiger partial charge in [0.2, 0.25) is 0 Å². The highest BCUT2D eigenvalue weighted by Crippen LogP contribution is 2.50. The van der Waals surface area contributed by atoms with Crippen LogP contribution in [0.15, 0.2) is 194 Å². The van der Waals surface area contributed by atoms with E-state index < -0.39 is 0 Å². The summed E-state index contributed by atoms with van der Waals surface area (Å²) in [4.78, 5) is 0. The monoisotopic (exact) mass is 782 g/mol. The van der Waals surface area contributed by atoms with E-state index in [-0.39, 0.29) is 5.41 Å². The minimum absolute atomic E-state index is 0.0630. The van der Waals surface area contributed by atoms with Gasteiger partial charge in [0.1, 0.15) is 0 Å². The molecule has 0 unspecified atom stereocenters. The highest BCUT2D eigenvalue weighted by Gasteiger charge is 2.35. The van der Waals surface area contributed by atoms with Crippen molar-refractivity contribution in [1.29, 1.82) is 0 Å². The maximum Gasteiger partial charge on any atom is 0.0541 e. The van der Waals surface area contributed by atoms with Crippen LogP contribution in [0.1, 0.15) is 25.0 Å². The van der Waals surface area contributed by atoms with Crippen molar-refractivity contribution in [2.75, 3.05) is 0 Å². The third-order valence-electron chi connectivity index (χ3n) is 13.3. The molecule has 0 fully saturated rings. The fourth-order valence-electron chi connectivity index (χ4n) is 10.5. The van der Waals surface area contributed by atoms with Crippen LogP contribution in [-0.2, 0) is 5.41 Å². The molecule has 0 saturated heterocycles. The molecule has 0 saturated carbocycles. The van der Waals surface area contributed by atoms with Crippen molar-refractivity contribution in [3.05, 3.63) is 205 Å². The Morgan fingerprint density at radius 2 is 0.900 bits per heavy atom. The first-order chi connectivity index (χ1) is 29.5. The van der Waals surface area contributed by atoms with Crippen molar-refractivity contribution < 1.29 is 0 Å². The Balaban J connectivity index is 0.943. The van der Waals surface area contributed by atoms with Crippen molar-refractivity contribution in [2.45, 2.75) is 19.3 Å². The van der Waals surface area contributed by atoms with Crippen LogP contribution in [-0.4, -0.2) is 9.13 Å². The molecule has 1 aliphatic carbocycles. The second kappa shape index (κ2) is 12.4. The van der Waals surface area contributed by atoms with E-state index in [1.165, 1.54) is 114 Å². The zero-order valence-corrected chi connectivity index (χ0v) is 34.1. The van der Waals surface area contributed by atoms with Crippen LogP contribution in [0.4, 0.5) is 0 Å². The Hall–Kier alpha value is -7.20. The largest absolute Gasteiger partial charge is 0.309 e. The van der Waals surface area contributed by atoms with Gasteiger partial charge in [-0.1, -0.05) is 135 Å². The zero-order valence-electron chi connectivity index (χ0n) is 33.3. The molecule has 0 aliphatic heterocycles. The third kappa shape index (κ3) is 4.70. The quantitative estimate of drug-likeness (QED) is 0.168. The zero-order chi connectivity index (χ0) is 39.7. The molecule has 3 heterocycles. The van der Waals surface area contributed by atoms with Gasteiger partial charge in [0.05, 0.1) is 22.1 Å². The van der Waals surface area contributed by atoms with E-state index in [0.717, 1.165) is 5.69 Å². The van der Waals surface area contributed by atoms with Crippen LogP contribution in [0.5, 0.6) is 0 Å². The van der Waals surface area contributed by atoms with E-state index in [1.807, 2.05) is 11.3 Å². The van der Waals surface area contributed by atoms with E-state index in [9.17, 15) is 0 Å². The fourth-order valence-corrected chi connectivity index (χ4v) is 11.7. The highest BCUT2D eigenvalue weighted by atomic mass is 32.1. The van der Waals surface area contributed by atoms with Crippen LogP contribution < -0.4 is 0 Å². The molecule has 0 radical (unpaired) electrons. The molecule has 60 heavy (non-hydrogen) atoms. The normalized spacial score (nSPS) is 13.3. The van der Waals surface area contributed by atoms with Gasteiger partial charge < -0.3 is 9.13 Å². The molecule has 3 aromatic heterocycles. The summed E-state index contributed by atoms with van der Waals surface area (Å²) in [7, 11) is 0. The Morgan fingerprint density at radius 1 is 0.350 bits per heavy atom. The summed E-state index contributed by atoms with van der Waals surface area (Å²) in [5.74, 6) is 0. The van der Waals surface area contributed by atoms with Crippen molar-refractivity contribution >= 4 is 75.1 Å².